The predicted octanol–water partition coefficient (Wildman–Crippen LogP) is 2.64. The molecule has 0 fully saturated rings. The third-order valence-corrected chi connectivity index (χ3v) is 3.54. The van der Waals surface area contributed by atoms with E-state index in [0.717, 1.165) is 16.5 Å². The van der Waals surface area contributed by atoms with Crippen molar-refractivity contribution < 1.29 is 4.74 Å². The number of nitrogens with two attached hydrogens (primary N) is 1. The first-order valence-corrected chi connectivity index (χ1v) is 7.48. The molecule has 1 aromatic carbocycles. The smallest absolute Gasteiger partial charge is 0.323 e. The van der Waals surface area contributed by atoms with E-state index in [-0.39, 0.29) is 12.0 Å². The molecule has 1 aromatic heterocycles. The van der Waals surface area contributed by atoms with E-state index in [0.29, 0.717) is 19.1 Å². The van der Waals surface area contributed by atoms with Crippen LogP contribution in [0.1, 0.15) is 18.9 Å². The number of rotatable bonds is 6. The highest BCUT2D eigenvalue weighted by Gasteiger charge is 2.11. The highest BCUT2D eigenvalue weighted by atomic mass is 79.9. The molecule has 0 aliphatic heterocycles. The molecule has 0 aliphatic carbocycles. The topological polar surface area (TPSA) is 77.2 Å². The van der Waals surface area contributed by atoms with Gasteiger partial charge in [-0.2, -0.15) is 15.0 Å². The Morgan fingerprint density at radius 2 is 2.00 bits per heavy atom. The number of benzene rings is 1. The summed E-state index contributed by atoms with van der Waals surface area (Å²) >= 11 is 3.53. The molecule has 0 saturated heterocycles. The zero-order valence-corrected chi connectivity index (χ0v) is 13.7. The Balaban J connectivity index is 2.16. The van der Waals surface area contributed by atoms with Crippen molar-refractivity contribution in [2.45, 2.75) is 19.9 Å². The number of ether oxygens (including phenoxy) is 1. The van der Waals surface area contributed by atoms with Crippen LogP contribution in [0.25, 0.3) is 0 Å². The lowest BCUT2D eigenvalue weighted by Crippen LogP contribution is -2.21. The van der Waals surface area contributed by atoms with E-state index in [1.165, 1.54) is 0 Å². The van der Waals surface area contributed by atoms with Crippen LogP contribution in [0.2, 0.25) is 0 Å². The first kappa shape index (κ1) is 15.5. The molecule has 2 N–H and O–H groups in total. The monoisotopic (exact) mass is 351 g/mol. The van der Waals surface area contributed by atoms with Crippen LogP contribution in [0.15, 0.2) is 28.7 Å². The van der Waals surface area contributed by atoms with Gasteiger partial charge in [-0.15, -0.1) is 0 Å². The summed E-state index contributed by atoms with van der Waals surface area (Å²) in [5.41, 5.74) is 6.85. The summed E-state index contributed by atoms with van der Waals surface area (Å²) in [6, 6.07) is 8.27. The van der Waals surface area contributed by atoms with E-state index in [1.807, 2.05) is 43.1 Å². The average Bonchev–Trinajstić information content (AvgIpc) is 2.47. The third-order valence-electron chi connectivity index (χ3n) is 2.76. The van der Waals surface area contributed by atoms with Gasteiger partial charge in [0.15, 0.2) is 0 Å². The molecule has 0 saturated carbocycles. The van der Waals surface area contributed by atoms with Gasteiger partial charge in [0, 0.05) is 18.1 Å². The molecular formula is C14H18BrN5O. The SMILES string of the molecule is CCCOc1nc(N)nc(N(C)Cc2ccccc2Br)n1. The zero-order valence-electron chi connectivity index (χ0n) is 12.1. The second kappa shape index (κ2) is 7.21. The van der Waals surface area contributed by atoms with Gasteiger partial charge < -0.3 is 15.4 Å². The lowest BCUT2D eigenvalue weighted by atomic mass is 10.2. The standard InChI is InChI=1S/C14H18BrN5O/c1-3-8-21-14-18-12(16)17-13(19-14)20(2)9-10-6-4-5-7-11(10)15/h4-7H,3,8-9H2,1-2H3,(H2,16,17,18,19). The van der Waals surface area contributed by atoms with Crippen LogP contribution in [0, 0.1) is 0 Å². The van der Waals surface area contributed by atoms with E-state index in [4.69, 9.17) is 10.5 Å². The molecule has 0 amide bonds. The number of anilines is 2. The highest BCUT2D eigenvalue weighted by Crippen LogP contribution is 2.20. The van der Waals surface area contributed by atoms with Gasteiger partial charge in [-0.25, -0.2) is 0 Å². The maximum absolute atomic E-state index is 5.71. The van der Waals surface area contributed by atoms with E-state index >= 15 is 0 Å². The summed E-state index contributed by atoms with van der Waals surface area (Å²) in [4.78, 5) is 14.3. The van der Waals surface area contributed by atoms with Gasteiger partial charge in [-0.1, -0.05) is 41.1 Å². The second-order valence-electron chi connectivity index (χ2n) is 4.57. The predicted molar refractivity (Wildman–Crippen MR) is 86.3 cm³/mol. The second-order valence-corrected chi connectivity index (χ2v) is 5.43. The maximum atomic E-state index is 5.71. The Kier molecular flexibility index (Phi) is 5.32. The molecule has 2 aromatic rings. The molecule has 0 aliphatic rings. The molecule has 0 spiro atoms. The minimum atomic E-state index is 0.157. The van der Waals surface area contributed by atoms with E-state index < -0.39 is 0 Å². The van der Waals surface area contributed by atoms with Crippen LogP contribution in [-0.4, -0.2) is 28.6 Å². The number of hydrogen-bond acceptors (Lipinski definition) is 6. The highest BCUT2D eigenvalue weighted by molar-refractivity contribution is 9.10. The quantitative estimate of drug-likeness (QED) is 0.861. The zero-order chi connectivity index (χ0) is 15.2. The summed E-state index contributed by atoms with van der Waals surface area (Å²) in [6.45, 7) is 3.22. The average molecular weight is 352 g/mol. The molecule has 7 heteroatoms. The number of aromatic nitrogens is 3. The fourth-order valence-electron chi connectivity index (χ4n) is 1.74. The molecule has 21 heavy (non-hydrogen) atoms. The van der Waals surface area contributed by atoms with Crippen molar-refractivity contribution in [1.29, 1.82) is 0 Å². The number of nitrogen functional groups attached to an aromatic ring is 1. The van der Waals surface area contributed by atoms with Gasteiger partial charge in [-0.3, -0.25) is 0 Å². The summed E-state index contributed by atoms with van der Waals surface area (Å²) in [5.74, 6) is 0.648. The number of hydrogen-bond donors (Lipinski definition) is 1. The van der Waals surface area contributed by atoms with Crippen molar-refractivity contribution in [3.05, 3.63) is 34.3 Å². The Bertz CT molecular complexity index is 608. The van der Waals surface area contributed by atoms with Gasteiger partial charge in [0.05, 0.1) is 6.61 Å². The molecule has 2 rings (SSSR count). The molecule has 0 radical (unpaired) electrons. The fourth-order valence-corrected chi connectivity index (χ4v) is 2.15. The fraction of sp³-hybridized carbons (Fsp3) is 0.357. The van der Waals surface area contributed by atoms with Crippen molar-refractivity contribution in [2.75, 3.05) is 24.3 Å². The Hall–Kier alpha value is -1.89. The molecule has 0 bridgehead atoms. The number of nitrogens with zero attached hydrogens (tertiary/aromatic N) is 4. The summed E-state index contributed by atoms with van der Waals surface area (Å²) < 4.78 is 6.47. The summed E-state index contributed by atoms with van der Waals surface area (Å²) in [6.07, 6.45) is 0.883. The van der Waals surface area contributed by atoms with Crippen LogP contribution >= 0.6 is 15.9 Å². The molecule has 0 unspecified atom stereocenters. The Labute approximate surface area is 132 Å². The number of halogens is 1. The normalized spacial score (nSPS) is 10.4. The largest absolute Gasteiger partial charge is 0.463 e. The molecule has 0 atom stereocenters. The third kappa shape index (κ3) is 4.29. The maximum Gasteiger partial charge on any atom is 0.323 e. The van der Waals surface area contributed by atoms with Crippen molar-refractivity contribution in [1.82, 2.24) is 15.0 Å². The van der Waals surface area contributed by atoms with Crippen LogP contribution in [0.5, 0.6) is 6.01 Å². The van der Waals surface area contributed by atoms with Gasteiger partial charge in [0.25, 0.3) is 0 Å². The van der Waals surface area contributed by atoms with Crippen molar-refractivity contribution in [3.8, 4) is 6.01 Å². The van der Waals surface area contributed by atoms with E-state index in [9.17, 15) is 0 Å². The first-order valence-electron chi connectivity index (χ1n) is 6.69. The summed E-state index contributed by atoms with van der Waals surface area (Å²) in [7, 11) is 1.90. The molecule has 1 heterocycles. The lowest BCUT2D eigenvalue weighted by Gasteiger charge is -2.18. The lowest BCUT2D eigenvalue weighted by molar-refractivity contribution is 0.292. The van der Waals surface area contributed by atoms with Crippen LogP contribution in [0.3, 0.4) is 0 Å². The minimum absolute atomic E-state index is 0.157. The van der Waals surface area contributed by atoms with E-state index in [1.54, 1.807) is 0 Å². The summed E-state index contributed by atoms with van der Waals surface area (Å²) in [5, 5.41) is 0. The Morgan fingerprint density at radius 1 is 1.24 bits per heavy atom. The molecular weight excluding hydrogens is 334 g/mol. The van der Waals surface area contributed by atoms with Gasteiger partial charge in [-0.05, 0) is 18.1 Å². The van der Waals surface area contributed by atoms with Gasteiger partial charge in [0.1, 0.15) is 0 Å². The van der Waals surface area contributed by atoms with Crippen molar-refractivity contribution in [3.63, 3.8) is 0 Å². The Morgan fingerprint density at radius 3 is 2.71 bits per heavy atom. The van der Waals surface area contributed by atoms with E-state index in [2.05, 4.69) is 30.9 Å². The van der Waals surface area contributed by atoms with Crippen LogP contribution < -0.4 is 15.4 Å². The van der Waals surface area contributed by atoms with Crippen molar-refractivity contribution >= 4 is 27.8 Å². The van der Waals surface area contributed by atoms with Crippen molar-refractivity contribution in [2.24, 2.45) is 0 Å². The molecule has 112 valence electrons. The van der Waals surface area contributed by atoms with Gasteiger partial charge >= 0.3 is 6.01 Å². The van der Waals surface area contributed by atoms with Crippen LogP contribution in [-0.2, 0) is 6.54 Å². The first-order chi connectivity index (χ1) is 10.1. The molecule has 6 nitrogen and oxygen atoms in total. The van der Waals surface area contributed by atoms with Gasteiger partial charge in [0.2, 0.25) is 11.9 Å². The minimum Gasteiger partial charge on any atom is -0.463 e. The van der Waals surface area contributed by atoms with Crippen LogP contribution in [0.4, 0.5) is 11.9 Å².